The summed E-state index contributed by atoms with van der Waals surface area (Å²) in [5, 5.41) is -0.284. The highest BCUT2D eigenvalue weighted by Gasteiger charge is 2.26. The van der Waals surface area contributed by atoms with Crippen LogP contribution in [0.5, 0.6) is 17.6 Å². The summed E-state index contributed by atoms with van der Waals surface area (Å²) in [5.74, 6) is -1.01. The summed E-state index contributed by atoms with van der Waals surface area (Å²) in [5.41, 5.74) is 9.35. The SMILES string of the molecule is COc1ncc(-c2ccc(C(=O)CS(=O)(=O)c3cccc(N)n3)c(Oc3c(C)cc(C)cc3C)n2)cn1. The smallest absolute Gasteiger partial charge is 0.316 e. The Bertz CT molecular complexity index is 1560. The number of rotatable bonds is 8. The Morgan fingerprint density at radius 2 is 1.65 bits per heavy atom. The van der Waals surface area contributed by atoms with Gasteiger partial charge in [0.15, 0.2) is 10.8 Å². The van der Waals surface area contributed by atoms with E-state index in [-0.39, 0.29) is 28.3 Å². The third-order valence-electron chi connectivity index (χ3n) is 5.46. The number of nitrogens with zero attached hydrogens (tertiary/aromatic N) is 4. The van der Waals surface area contributed by atoms with Gasteiger partial charge in [-0.2, -0.15) is 0 Å². The lowest BCUT2D eigenvalue weighted by molar-refractivity contribution is 0.101. The Labute approximate surface area is 214 Å². The summed E-state index contributed by atoms with van der Waals surface area (Å²) >= 11 is 0. The number of nitrogens with two attached hydrogens (primary N) is 1. The van der Waals surface area contributed by atoms with Crippen molar-refractivity contribution in [3.05, 3.63) is 77.1 Å². The van der Waals surface area contributed by atoms with Crippen LogP contribution in [-0.4, -0.2) is 47.0 Å². The van der Waals surface area contributed by atoms with Gasteiger partial charge in [0.1, 0.15) is 17.3 Å². The molecular weight excluding hydrogens is 494 g/mol. The predicted octanol–water partition coefficient (Wildman–Crippen LogP) is 3.90. The highest BCUT2D eigenvalue weighted by atomic mass is 32.2. The zero-order valence-electron chi connectivity index (χ0n) is 20.7. The van der Waals surface area contributed by atoms with Crippen molar-refractivity contribution in [3.8, 4) is 28.9 Å². The number of aryl methyl sites for hydroxylation is 3. The van der Waals surface area contributed by atoms with Crippen molar-refractivity contribution in [2.45, 2.75) is 25.8 Å². The summed E-state index contributed by atoms with van der Waals surface area (Å²) < 4.78 is 37.0. The molecule has 0 radical (unpaired) electrons. The van der Waals surface area contributed by atoms with E-state index in [9.17, 15) is 13.2 Å². The molecule has 0 aliphatic rings. The molecule has 0 amide bonds. The normalized spacial score (nSPS) is 11.2. The number of anilines is 1. The highest BCUT2D eigenvalue weighted by molar-refractivity contribution is 7.92. The molecule has 0 aliphatic heterocycles. The van der Waals surface area contributed by atoms with Crippen LogP contribution in [0.15, 0.2) is 59.9 Å². The fourth-order valence-electron chi connectivity index (χ4n) is 3.80. The first-order valence-electron chi connectivity index (χ1n) is 11.2. The number of Topliss-reactive ketones (excluding diaryl/α,β-unsaturated/α-hetero) is 1. The highest BCUT2D eigenvalue weighted by Crippen LogP contribution is 2.33. The zero-order chi connectivity index (χ0) is 26.7. The van der Waals surface area contributed by atoms with Gasteiger partial charge in [-0.05, 0) is 56.2 Å². The van der Waals surface area contributed by atoms with E-state index in [2.05, 4.69) is 19.9 Å². The molecule has 2 N–H and O–H groups in total. The first-order chi connectivity index (χ1) is 17.6. The van der Waals surface area contributed by atoms with Gasteiger partial charge in [0, 0.05) is 18.0 Å². The quantitative estimate of drug-likeness (QED) is 0.340. The van der Waals surface area contributed by atoms with E-state index in [1.54, 1.807) is 6.07 Å². The fourth-order valence-corrected chi connectivity index (χ4v) is 4.98. The lowest BCUT2D eigenvalue weighted by Crippen LogP contribution is -2.19. The van der Waals surface area contributed by atoms with Crippen molar-refractivity contribution in [2.24, 2.45) is 0 Å². The number of sulfone groups is 1. The van der Waals surface area contributed by atoms with Crippen molar-refractivity contribution in [1.82, 2.24) is 19.9 Å². The molecule has 37 heavy (non-hydrogen) atoms. The predicted molar refractivity (Wildman–Crippen MR) is 138 cm³/mol. The molecule has 3 heterocycles. The van der Waals surface area contributed by atoms with Crippen LogP contribution < -0.4 is 15.2 Å². The number of ketones is 1. The van der Waals surface area contributed by atoms with Gasteiger partial charge in [-0.15, -0.1) is 0 Å². The molecule has 11 heteroatoms. The van der Waals surface area contributed by atoms with Crippen LogP contribution in [0.2, 0.25) is 0 Å². The van der Waals surface area contributed by atoms with Crippen LogP contribution in [0.25, 0.3) is 11.3 Å². The van der Waals surface area contributed by atoms with Gasteiger partial charge in [-0.3, -0.25) is 4.79 Å². The maximum Gasteiger partial charge on any atom is 0.316 e. The number of methoxy groups -OCH3 is 1. The molecular formula is C26H25N5O5S. The van der Waals surface area contributed by atoms with Crippen molar-refractivity contribution < 1.29 is 22.7 Å². The minimum atomic E-state index is -4.07. The third-order valence-corrected chi connectivity index (χ3v) is 6.96. The summed E-state index contributed by atoms with van der Waals surface area (Å²) in [4.78, 5) is 29.9. The Hall–Kier alpha value is -4.38. The lowest BCUT2D eigenvalue weighted by atomic mass is 10.1. The Morgan fingerprint density at radius 1 is 0.973 bits per heavy atom. The first kappa shape index (κ1) is 25.7. The number of aromatic nitrogens is 4. The molecule has 0 spiro atoms. The summed E-state index contributed by atoms with van der Waals surface area (Å²) in [6.07, 6.45) is 3.05. The molecule has 0 saturated heterocycles. The number of hydrogen-bond donors (Lipinski definition) is 1. The number of benzene rings is 1. The van der Waals surface area contributed by atoms with Crippen LogP contribution in [0.3, 0.4) is 0 Å². The van der Waals surface area contributed by atoms with Crippen molar-refractivity contribution in [2.75, 3.05) is 18.6 Å². The van der Waals surface area contributed by atoms with E-state index in [1.165, 1.54) is 43.8 Å². The largest absolute Gasteiger partial charge is 0.467 e. The van der Waals surface area contributed by atoms with Gasteiger partial charge < -0.3 is 15.2 Å². The number of carbonyl (C=O) groups is 1. The molecule has 0 bridgehead atoms. The van der Waals surface area contributed by atoms with Crippen molar-refractivity contribution in [1.29, 1.82) is 0 Å². The number of ether oxygens (including phenoxy) is 2. The Balaban J connectivity index is 1.77. The molecule has 3 aromatic heterocycles. The second-order valence-electron chi connectivity index (χ2n) is 8.42. The summed E-state index contributed by atoms with van der Waals surface area (Å²) in [6, 6.07) is 11.4. The van der Waals surface area contributed by atoms with E-state index in [1.807, 2.05) is 32.9 Å². The van der Waals surface area contributed by atoms with Crippen LogP contribution in [0.1, 0.15) is 27.0 Å². The molecule has 4 rings (SSSR count). The van der Waals surface area contributed by atoms with Gasteiger partial charge in [-0.25, -0.2) is 28.4 Å². The second kappa shape index (κ2) is 10.3. The minimum absolute atomic E-state index is 0.00466. The average Bonchev–Trinajstić information content (AvgIpc) is 2.86. The maximum atomic E-state index is 13.3. The monoisotopic (exact) mass is 519 g/mol. The standard InChI is InChI=1S/C26H25N5O5S/c1-15-10-16(2)24(17(3)11-15)36-25-19(8-9-20(30-25)18-12-28-26(35-4)29-13-18)21(32)14-37(33,34)23-7-5-6-22(27)31-23/h5-13H,14H2,1-4H3,(H2,27,31). The molecule has 0 atom stereocenters. The number of nitrogen functional groups attached to an aromatic ring is 1. The number of pyridine rings is 2. The van der Waals surface area contributed by atoms with E-state index in [0.717, 1.165) is 16.7 Å². The average molecular weight is 520 g/mol. The van der Waals surface area contributed by atoms with Crippen molar-refractivity contribution >= 4 is 21.4 Å². The molecule has 0 aliphatic carbocycles. The van der Waals surface area contributed by atoms with E-state index in [4.69, 9.17) is 15.2 Å². The molecule has 0 unspecified atom stereocenters. The summed E-state index contributed by atoms with van der Waals surface area (Å²) in [6.45, 7) is 5.73. The Kier molecular flexibility index (Phi) is 7.16. The summed E-state index contributed by atoms with van der Waals surface area (Å²) in [7, 11) is -2.61. The van der Waals surface area contributed by atoms with Crippen LogP contribution in [0, 0.1) is 20.8 Å². The molecule has 190 valence electrons. The molecule has 4 aromatic rings. The van der Waals surface area contributed by atoms with E-state index < -0.39 is 21.4 Å². The first-order valence-corrected chi connectivity index (χ1v) is 12.8. The van der Waals surface area contributed by atoms with Crippen LogP contribution in [-0.2, 0) is 9.84 Å². The van der Waals surface area contributed by atoms with E-state index >= 15 is 0 Å². The fraction of sp³-hybridized carbons (Fsp3) is 0.192. The van der Waals surface area contributed by atoms with Gasteiger partial charge in [0.2, 0.25) is 15.7 Å². The minimum Gasteiger partial charge on any atom is -0.467 e. The van der Waals surface area contributed by atoms with Crippen LogP contribution in [0.4, 0.5) is 5.82 Å². The topological polar surface area (TPSA) is 147 Å². The zero-order valence-corrected chi connectivity index (χ0v) is 21.5. The van der Waals surface area contributed by atoms with Crippen molar-refractivity contribution in [3.63, 3.8) is 0 Å². The molecule has 0 fully saturated rings. The second-order valence-corrected chi connectivity index (χ2v) is 10.4. The van der Waals surface area contributed by atoms with Crippen LogP contribution >= 0.6 is 0 Å². The maximum absolute atomic E-state index is 13.3. The molecule has 10 nitrogen and oxygen atoms in total. The van der Waals surface area contributed by atoms with E-state index in [0.29, 0.717) is 17.0 Å². The van der Waals surface area contributed by atoms with Gasteiger partial charge in [0.05, 0.1) is 18.4 Å². The third kappa shape index (κ3) is 5.72. The number of carbonyl (C=O) groups excluding carboxylic acids is 1. The van der Waals surface area contributed by atoms with Gasteiger partial charge in [0.25, 0.3) is 0 Å². The molecule has 1 aromatic carbocycles. The Morgan fingerprint density at radius 3 is 2.27 bits per heavy atom. The molecule has 0 saturated carbocycles. The lowest BCUT2D eigenvalue weighted by Gasteiger charge is -2.15. The van der Waals surface area contributed by atoms with Gasteiger partial charge in [-0.1, -0.05) is 23.8 Å². The van der Waals surface area contributed by atoms with Gasteiger partial charge >= 0.3 is 6.01 Å². The number of hydrogen-bond acceptors (Lipinski definition) is 10.